The summed E-state index contributed by atoms with van der Waals surface area (Å²) < 4.78 is 1.81. The van der Waals surface area contributed by atoms with Crippen LogP contribution in [0, 0.1) is 0 Å². The van der Waals surface area contributed by atoms with Gasteiger partial charge in [-0.3, -0.25) is 9.48 Å². The van der Waals surface area contributed by atoms with Crippen molar-refractivity contribution in [2.45, 2.75) is 13.5 Å². The Hall–Kier alpha value is -2.88. The molecule has 0 spiro atoms. The topological polar surface area (TPSA) is 55.1 Å². The molecule has 2 aromatic carbocycles. The van der Waals surface area contributed by atoms with Crippen LogP contribution in [0.15, 0.2) is 60.7 Å². The van der Waals surface area contributed by atoms with Crippen LogP contribution in [0.3, 0.4) is 0 Å². The molecule has 3 rings (SSSR count). The summed E-state index contributed by atoms with van der Waals surface area (Å²) in [6.45, 7) is 2.56. The van der Waals surface area contributed by atoms with Gasteiger partial charge in [-0.1, -0.05) is 42.5 Å². The van der Waals surface area contributed by atoms with Gasteiger partial charge < -0.3 is 5.11 Å². The molecule has 0 unspecified atom stereocenters. The molecule has 3 aromatic rings. The van der Waals surface area contributed by atoms with Gasteiger partial charge in [0.2, 0.25) is 5.78 Å². The van der Waals surface area contributed by atoms with Crippen molar-refractivity contribution in [3.63, 3.8) is 0 Å². The molecule has 0 radical (unpaired) electrons. The summed E-state index contributed by atoms with van der Waals surface area (Å²) in [5.74, 6) is -0.116. The van der Waals surface area contributed by atoms with Gasteiger partial charge in [0.1, 0.15) is 11.4 Å². The van der Waals surface area contributed by atoms with Crippen LogP contribution in [0.4, 0.5) is 0 Å². The van der Waals surface area contributed by atoms with Crippen LogP contribution in [-0.4, -0.2) is 20.7 Å². The zero-order valence-corrected chi connectivity index (χ0v) is 12.2. The Kier molecular flexibility index (Phi) is 3.74. The van der Waals surface area contributed by atoms with E-state index in [1.54, 1.807) is 18.2 Å². The van der Waals surface area contributed by atoms with Gasteiger partial charge in [0, 0.05) is 10.9 Å². The maximum Gasteiger partial charge on any atom is 0.214 e. The first-order valence-corrected chi connectivity index (χ1v) is 7.11. The molecule has 1 aromatic heterocycles. The highest BCUT2D eigenvalue weighted by molar-refractivity contribution is 6.15. The van der Waals surface area contributed by atoms with Crippen LogP contribution < -0.4 is 0 Å². The molecular formula is C18H16N2O2. The van der Waals surface area contributed by atoms with Gasteiger partial charge in [0.05, 0.1) is 12.1 Å². The van der Waals surface area contributed by atoms with E-state index in [9.17, 15) is 9.90 Å². The third kappa shape index (κ3) is 2.51. The molecule has 0 saturated heterocycles. The molecule has 0 fully saturated rings. The fourth-order valence-corrected chi connectivity index (χ4v) is 2.42. The molecule has 110 valence electrons. The highest BCUT2D eigenvalue weighted by Crippen LogP contribution is 2.22. The second-order valence-electron chi connectivity index (χ2n) is 5.00. The van der Waals surface area contributed by atoms with Gasteiger partial charge in [-0.05, 0) is 25.1 Å². The summed E-state index contributed by atoms with van der Waals surface area (Å²) in [6, 6.07) is 14.0. The Bertz CT molecular complexity index is 862. The number of carbonyl (C=O) groups excluding carboxylic acids is 1. The highest BCUT2D eigenvalue weighted by Gasteiger charge is 2.18. The number of nitrogens with zero attached hydrogens (tertiary/aromatic N) is 2. The predicted octanol–water partition coefficient (Wildman–Crippen LogP) is 3.55. The molecule has 4 nitrogen and oxygen atoms in total. The van der Waals surface area contributed by atoms with Crippen molar-refractivity contribution < 1.29 is 9.90 Å². The Labute approximate surface area is 128 Å². The van der Waals surface area contributed by atoms with E-state index in [-0.39, 0.29) is 11.5 Å². The molecule has 0 saturated carbocycles. The van der Waals surface area contributed by atoms with Crippen molar-refractivity contribution in [1.29, 1.82) is 0 Å². The quantitative estimate of drug-likeness (QED) is 0.591. The standard InChI is InChI=1S/C18H16N2O2/c1-2-3-11-20-16-10-5-4-9-15(16)17(19-20)18(22)13-7-6-8-14(21)12-13/h2-10,12,21H,11H2,1H3. The van der Waals surface area contributed by atoms with Crippen LogP contribution in [-0.2, 0) is 6.54 Å². The number of rotatable bonds is 4. The summed E-state index contributed by atoms with van der Waals surface area (Å²) in [6.07, 6.45) is 3.94. The summed E-state index contributed by atoms with van der Waals surface area (Å²) in [7, 11) is 0. The van der Waals surface area contributed by atoms with Crippen LogP contribution in [0.2, 0.25) is 0 Å². The SMILES string of the molecule is CC=CCn1nc(C(=O)c2cccc(O)c2)c2ccccc21. The number of para-hydroxylation sites is 1. The number of hydrogen-bond acceptors (Lipinski definition) is 3. The van der Waals surface area contributed by atoms with E-state index in [0.717, 1.165) is 10.9 Å². The molecule has 0 atom stereocenters. The van der Waals surface area contributed by atoms with E-state index in [1.165, 1.54) is 6.07 Å². The lowest BCUT2D eigenvalue weighted by molar-refractivity contribution is 0.103. The van der Waals surface area contributed by atoms with Gasteiger partial charge >= 0.3 is 0 Å². The molecule has 4 heteroatoms. The Morgan fingerprint density at radius 1 is 1.23 bits per heavy atom. The van der Waals surface area contributed by atoms with Gasteiger partial charge in [0.25, 0.3) is 0 Å². The molecular weight excluding hydrogens is 276 g/mol. The van der Waals surface area contributed by atoms with Gasteiger partial charge in [-0.25, -0.2) is 0 Å². The highest BCUT2D eigenvalue weighted by atomic mass is 16.3. The number of phenolic OH excluding ortho intramolecular Hbond substituents is 1. The van der Waals surface area contributed by atoms with Gasteiger partial charge in [0.15, 0.2) is 0 Å². The number of phenols is 1. The zero-order valence-electron chi connectivity index (χ0n) is 12.2. The second kappa shape index (κ2) is 5.85. The number of benzene rings is 2. The Morgan fingerprint density at radius 2 is 2.05 bits per heavy atom. The molecule has 0 amide bonds. The van der Waals surface area contributed by atoms with E-state index in [1.807, 2.05) is 48.0 Å². The summed E-state index contributed by atoms with van der Waals surface area (Å²) in [4.78, 5) is 12.7. The second-order valence-corrected chi connectivity index (χ2v) is 5.00. The largest absolute Gasteiger partial charge is 0.508 e. The number of carbonyl (C=O) groups is 1. The van der Waals surface area contributed by atoms with Crippen LogP contribution in [0.25, 0.3) is 10.9 Å². The van der Waals surface area contributed by atoms with E-state index in [0.29, 0.717) is 17.8 Å². The van der Waals surface area contributed by atoms with Gasteiger partial charge in [-0.2, -0.15) is 5.10 Å². The first-order chi connectivity index (χ1) is 10.7. The van der Waals surface area contributed by atoms with E-state index in [2.05, 4.69) is 5.10 Å². The fraction of sp³-hybridized carbons (Fsp3) is 0.111. The average molecular weight is 292 g/mol. The number of fused-ring (bicyclic) bond motifs is 1. The minimum Gasteiger partial charge on any atom is -0.508 e. The normalized spacial score (nSPS) is 11.3. The average Bonchev–Trinajstić information content (AvgIpc) is 2.91. The number of hydrogen-bond donors (Lipinski definition) is 1. The van der Waals surface area contributed by atoms with Crippen molar-refractivity contribution in [2.24, 2.45) is 0 Å². The molecule has 0 aliphatic rings. The minimum absolute atomic E-state index is 0.0727. The van der Waals surface area contributed by atoms with Crippen LogP contribution >= 0.6 is 0 Å². The van der Waals surface area contributed by atoms with Crippen LogP contribution in [0.5, 0.6) is 5.75 Å². The molecule has 0 aliphatic carbocycles. The third-order valence-corrected chi connectivity index (χ3v) is 3.50. The molecule has 0 bridgehead atoms. The van der Waals surface area contributed by atoms with Crippen molar-refractivity contribution in [3.05, 3.63) is 71.9 Å². The number of allylic oxidation sites excluding steroid dienone is 2. The fourth-order valence-electron chi connectivity index (χ4n) is 2.42. The lowest BCUT2D eigenvalue weighted by Gasteiger charge is -1.99. The monoisotopic (exact) mass is 292 g/mol. The maximum absolute atomic E-state index is 12.7. The molecule has 0 aliphatic heterocycles. The van der Waals surface area contributed by atoms with Crippen molar-refractivity contribution >= 4 is 16.7 Å². The molecule has 1 heterocycles. The Balaban J connectivity index is 2.12. The smallest absolute Gasteiger partial charge is 0.214 e. The number of aromatic nitrogens is 2. The van der Waals surface area contributed by atoms with E-state index >= 15 is 0 Å². The van der Waals surface area contributed by atoms with Crippen molar-refractivity contribution in [1.82, 2.24) is 9.78 Å². The summed E-state index contributed by atoms with van der Waals surface area (Å²) in [5.41, 5.74) is 1.76. The first-order valence-electron chi connectivity index (χ1n) is 7.11. The molecule has 1 N–H and O–H groups in total. The minimum atomic E-state index is -0.189. The van der Waals surface area contributed by atoms with E-state index < -0.39 is 0 Å². The van der Waals surface area contributed by atoms with Gasteiger partial charge in [-0.15, -0.1) is 0 Å². The zero-order chi connectivity index (χ0) is 15.5. The van der Waals surface area contributed by atoms with Crippen LogP contribution in [0.1, 0.15) is 23.0 Å². The lowest BCUT2D eigenvalue weighted by Crippen LogP contribution is -2.04. The maximum atomic E-state index is 12.7. The molecule has 22 heavy (non-hydrogen) atoms. The summed E-state index contributed by atoms with van der Waals surface area (Å²) in [5, 5.41) is 14.8. The van der Waals surface area contributed by atoms with Crippen molar-refractivity contribution in [3.8, 4) is 5.75 Å². The first kappa shape index (κ1) is 14.1. The Morgan fingerprint density at radius 3 is 2.82 bits per heavy atom. The van der Waals surface area contributed by atoms with E-state index in [4.69, 9.17) is 0 Å². The number of ketones is 1. The summed E-state index contributed by atoms with van der Waals surface area (Å²) >= 11 is 0. The van der Waals surface area contributed by atoms with Crippen molar-refractivity contribution in [2.75, 3.05) is 0 Å². The third-order valence-electron chi connectivity index (χ3n) is 3.50. The number of aromatic hydroxyl groups is 1. The predicted molar refractivity (Wildman–Crippen MR) is 86.1 cm³/mol. The lowest BCUT2D eigenvalue weighted by atomic mass is 10.1.